The van der Waals surface area contributed by atoms with E-state index >= 15 is 0 Å². The number of carbonyl (C=O) groups is 1. The summed E-state index contributed by atoms with van der Waals surface area (Å²) in [6, 6.07) is 20.7. The molecule has 0 radical (unpaired) electrons. The molecule has 112 valence electrons. The molecule has 1 amide bonds. The first-order chi connectivity index (χ1) is 11.2. The molecular formula is C19H15N3O. The Balaban J connectivity index is 1.65. The van der Waals surface area contributed by atoms with Crippen LogP contribution < -0.4 is 5.32 Å². The molecule has 1 aromatic heterocycles. The summed E-state index contributed by atoms with van der Waals surface area (Å²) < 4.78 is 2.01. The molecule has 0 aliphatic heterocycles. The first-order valence-corrected chi connectivity index (χ1v) is 7.27. The Labute approximate surface area is 134 Å². The fourth-order valence-electron chi connectivity index (χ4n) is 2.35. The quantitative estimate of drug-likeness (QED) is 0.801. The summed E-state index contributed by atoms with van der Waals surface area (Å²) in [6.45, 7) is 0. The van der Waals surface area contributed by atoms with Gasteiger partial charge in [0.2, 0.25) is 5.91 Å². The van der Waals surface area contributed by atoms with E-state index < -0.39 is 0 Å². The number of carbonyl (C=O) groups excluding carboxylic acids is 1. The zero-order valence-corrected chi connectivity index (χ0v) is 12.4. The summed E-state index contributed by atoms with van der Waals surface area (Å²) in [5.41, 5.74) is 3.16. The molecule has 0 aliphatic carbocycles. The molecule has 1 N–H and O–H groups in total. The molecule has 0 saturated carbocycles. The zero-order valence-electron chi connectivity index (χ0n) is 12.4. The van der Waals surface area contributed by atoms with Crippen LogP contribution in [0.3, 0.4) is 0 Å². The lowest BCUT2D eigenvalue weighted by Crippen LogP contribution is -2.14. The number of aromatic nitrogens is 1. The molecule has 0 saturated heterocycles. The standard InChI is InChI=1S/C19H15N3O/c20-14-16-4-3-5-17(12-16)21-19(23)13-15-6-8-18(9-7-15)22-10-1-2-11-22/h1-12H,13H2,(H,21,23). The number of nitrogens with one attached hydrogen (secondary N) is 1. The Morgan fingerprint density at radius 3 is 2.48 bits per heavy atom. The average Bonchev–Trinajstić information content (AvgIpc) is 3.10. The maximum absolute atomic E-state index is 12.1. The molecule has 4 nitrogen and oxygen atoms in total. The number of nitrogens with zero attached hydrogens (tertiary/aromatic N) is 2. The van der Waals surface area contributed by atoms with Gasteiger partial charge in [0, 0.05) is 23.8 Å². The van der Waals surface area contributed by atoms with Gasteiger partial charge in [0.05, 0.1) is 18.1 Å². The Hall–Kier alpha value is -3.32. The highest BCUT2D eigenvalue weighted by Gasteiger charge is 2.05. The van der Waals surface area contributed by atoms with E-state index in [2.05, 4.69) is 11.4 Å². The maximum Gasteiger partial charge on any atom is 0.228 e. The summed E-state index contributed by atoms with van der Waals surface area (Å²) in [5, 5.41) is 11.7. The van der Waals surface area contributed by atoms with Gasteiger partial charge < -0.3 is 9.88 Å². The summed E-state index contributed by atoms with van der Waals surface area (Å²) >= 11 is 0. The van der Waals surface area contributed by atoms with Crippen molar-refractivity contribution in [1.29, 1.82) is 5.26 Å². The smallest absolute Gasteiger partial charge is 0.228 e. The third kappa shape index (κ3) is 3.66. The normalized spacial score (nSPS) is 10.0. The monoisotopic (exact) mass is 301 g/mol. The lowest BCUT2D eigenvalue weighted by molar-refractivity contribution is -0.115. The van der Waals surface area contributed by atoms with E-state index in [0.717, 1.165) is 11.3 Å². The third-order valence-corrected chi connectivity index (χ3v) is 3.48. The minimum Gasteiger partial charge on any atom is -0.326 e. The summed E-state index contributed by atoms with van der Waals surface area (Å²) in [6.07, 6.45) is 4.25. The van der Waals surface area contributed by atoms with E-state index in [4.69, 9.17) is 5.26 Å². The number of anilines is 1. The predicted octanol–water partition coefficient (Wildman–Crippen LogP) is 3.53. The number of rotatable bonds is 4. The molecule has 0 atom stereocenters. The molecule has 4 heteroatoms. The van der Waals surface area contributed by atoms with Gasteiger partial charge in [-0.2, -0.15) is 5.26 Å². The van der Waals surface area contributed by atoms with Crippen LogP contribution in [0.15, 0.2) is 73.1 Å². The van der Waals surface area contributed by atoms with Crippen molar-refractivity contribution in [2.45, 2.75) is 6.42 Å². The number of nitriles is 1. The van der Waals surface area contributed by atoms with E-state index in [1.54, 1.807) is 24.3 Å². The second kappa shape index (κ2) is 6.63. The van der Waals surface area contributed by atoms with Crippen molar-refractivity contribution < 1.29 is 4.79 Å². The highest BCUT2D eigenvalue weighted by atomic mass is 16.1. The average molecular weight is 301 g/mol. The van der Waals surface area contributed by atoms with Crippen LogP contribution in [-0.4, -0.2) is 10.5 Å². The minimum atomic E-state index is -0.103. The maximum atomic E-state index is 12.1. The van der Waals surface area contributed by atoms with E-state index in [0.29, 0.717) is 17.7 Å². The van der Waals surface area contributed by atoms with E-state index in [1.807, 2.05) is 53.4 Å². The Morgan fingerprint density at radius 2 is 1.78 bits per heavy atom. The van der Waals surface area contributed by atoms with E-state index in [1.165, 1.54) is 0 Å². The number of hydrogen-bond donors (Lipinski definition) is 1. The van der Waals surface area contributed by atoms with Gasteiger partial charge in [0.25, 0.3) is 0 Å². The molecule has 2 aromatic carbocycles. The molecular weight excluding hydrogens is 286 g/mol. The van der Waals surface area contributed by atoms with Crippen molar-refractivity contribution in [2.75, 3.05) is 5.32 Å². The molecule has 1 heterocycles. The van der Waals surface area contributed by atoms with Crippen LogP contribution in [0.5, 0.6) is 0 Å². The van der Waals surface area contributed by atoms with Gasteiger partial charge >= 0.3 is 0 Å². The fourth-order valence-corrected chi connectivity index (χ4v) is 2.35. The Kier molecular flexibility index (Phi) is 4.21. The van der Waals surface area contributed by atoms with Gasteiger partial charge in [0.15, 0.2) is 0 Å². The summed E-state index contributed by atoms with van der Waals surface area (Å²) in [4.78, 5) is 12.1. The minimum absolute atomic E-state index is 0.103. The SMILES string of the molecule is N#Cc1cccc(NC(=O)Cc2ccc(-n3cccc3)cc2)c1. The molecule has 0 aliphatic rings. The van der Waals surface area contributed by atoms with Crippen LogP contribution in [0.25, 0.3) is 5.69 Å². The molecule has 0 fully saturated rings. The summed E-state index contributed by atoms with van der Waals surface area (Å²) in [7, 11) is 0. The lowest BCUT2D eigenvalue weighted by Gasteiger charge is -2.07. The zero-order chi connectivity index (χ0) is 16.1. The fraction of sp³-hybridized carbons (Fsp3) is 0.0526. The van der Waals surface area contributed by atoms with Crippen LogP contribution in [0.2, 0.25) is 0 Å². The van der Waals surface area contributed by atoms with Crippen molar-refractivity contribution in [3.63, 3.8) is 0 Å². The van der Waals surface area contributed by atoms with Gasteiger partial charge in [-0.05, 0) is 48.0 Å². The highest BCUT2D eigenvalue weighted by Crippen LogP contribution is 2.13. The molecule has 3 aromatic rings. The van der Waals surface area contributed by atoms with Gasteiger partial charge in [-0.25, -0.2) is 0 Å². The van der Waals surface area contributed by atoms with Crippen LogP contribution in [0.4, 0.5) is 5.69 Å². The van der Waals surface area contributed by atoms with Gasteiger partial charge in [-0.3, -0.25) is 4.79 Å². The van der Waals surface area contributed by atoms with E-state index in [9.17, 15) is 4.79 Å². The molecule has 23 heavy (non-hydrogen) atoms. The van der Waals surface area contributed by atoms with Crippen LogP contribution in [0.1, 0.15) is 11.1 Å². The van der Waals surface area contributed by atoms with Gasteiger partial charge in [-0.15, -0.1) is 0 Å². The first kappa shape index (κ1) is 14.6. The topological polar surface area (TPSA) is 57.8 Å². The lowest BCUT2D eigenvalue weighted by atomic mass is 10.1. The second-order valence-electron chi connectivity index (χ2n) is 5.17. The third-order valence-electron chi connectivity index (χ3n) is 3.48. The van der Waals surface area contributed by atoms with Crippen molar-refractivity contribution in [3.8, 4) is 11.8 Å². The van der Waals surface area contributed by atoms with Gasteiger partial charge in [0.1, 0.15) is 0 Å². The number of amides is 1. The highest BCUT2D eigenvalue weighted by molar-refractivity contribution is 5.92. The van der Waals surface area contributed by atoms with Crippen LogP contribution in [-0.2, 0) is 11.2 Å². The Bertz CT molecular complexity index is 843. The predicted molar refractivity (Wildman–Crippen MR) is 89.3 cm³/mol. The molecule has 0 unspecified atom stereocenters. The van der Waals surface area contributed by atoms with Crippen LogP contribution >= 0.6 is 0 Å². The van der Waals surface area contributed by atoms with Gasteiger partial charge in [-0.1, -0.05) is 18.2 Å². The van der Waals surface area contributed by atoms with Crippen molar-refractivity contribution in [2.24, 2.45) is 0 Å². The number of hydrogen-bond acceptors (Lipinski definition) is 2. The van der Waals surface area contributed by atoms with Crippen molar-refractivity contribution >= 4 is 11.6 Å². The first-order valence-electron chi connectivity index (χ1n) is 7.27. The molecule has 3 rings (SSSR count). The largest absolute Gasteiger partial charge is 0.326 e. The molecule has 0 spiro atoms. The van der Waals surface area contributed by atoms with Crippen molar-refractivity contribution in [1.82, 2.24) is 4.57 Å². The van der Waals surface area contributed by atoms with E-state index in [-0.39, 0.29) is 5.91 Å². The summed E-state index contributed by atoms with van der Waals surface area (Å²) in [5.74, 6) is -0.103. The number of benzene rings is 2. The van der Waals surface area contributed by atoms with Crippen LogP contribution in [0, 0.1) is 11.3 Å². The second-order valence-corrected chi connectivity index (χ2v) is 5.17. The molecule has 0 bridgehead atoms. The Morgan fingerprint density at radius 1 is 1.04 bits per heavy atom. The van der Waals surface area contributed by atoms with Crippen molar-refractivity contribution in [3.05, 3.63) is 84.2 Å².